The Morgan fingerprint density at radius 3 is 2.04 bits per heavy atom. The van der Waals surface area contributed by atoms with Gasteiger partial charge in [-0.25, -0.2) is 4.98 Å². The van der Waals surface area contributed by atoms with E-state index in [9.17, 15) is 0 Å². The van der Waals surface area contributed by atoms with Crippen molar-refractivity contribution in [2.24, 2.45) is 0 Å². The zero-order valence-corrected chi connectivity index (χ0v) is 15.7. The molecule has 0 atom stereocenters. The zero-order valence-electron chi connectivity index (χ0n) is 15.7. The van der Waals surface area contributed by atoms with Crippen LogP contribution in [-0.2, 0) is 0 Å². The molecule has 0 aliphatic rings. The van der Waals surface area contributed by atoms with Crippen LogP contribution in [0.25, 0.3) is 39.1 Å². The topological polar surface area (TPSA) is 17.8 Å². The summed E-state index contributed by atoms with van der Waals surface area (Å²) in [4.78, 5) is 5.03. The molecule has 0 unspecified atom stereocenters. The van der Waals surface area contributed by atoms with Crippen LogP contribution in [0.2, 0.25) is 0 Å². The van der Waals surface area contributed by atoms with E-state index in [4.69, 9.17) is 4.98 Å². The molecule has 5 aromatic rings. The fourth-order valence-electron chi connectivity index (χ4n) is 3.73. The second-order valence-corrected chi connectivity index (χ2v) is 7.03. The summed E-state index contributed by atoms with van der Waals surface area (Å²) >= 11 is 0. The normalized spacial score (nSPS) is 11.0. The van der Waals surface area contributed by atoms with E-state index >= 15 is 0 Å². The first kappa shape index (κ1) is 16.5. The molecule has 0 fully saturated rings. The van der Waals surface area contributed by atoms with Crippen molar-refractivity contribution in [2.45, 2.75) is 6.92 Å². The lowest BCUT2D eigenvalue weighted by molar-refractivity contribution is 1.04. The summed E-state index contributed by atoms with van der Waals surface area (Å²) in [7, 11) is 0. The molecule has 0 spiro atoms. The van der Waals surface area contributed by atoms with Gasteiger partial charge < -0.3 is 4.57 Å². The van der Waals surface area contributed by atoms with Crippen molar-refractivity contribution in [3.63, 3.8) is 0 Å². The molecule has 3 aromatic carbocycles. The van der Waals surface area contributed by atoms with Gasteiger partial charge in [-0.1, -0.05) is 78.9 Å². The number of nitrogens with zero attached hydrogens (tertiary/aromatic N) is 2. The molecule has 0 saturated heterocycles. The standard InChI is InChI=1S/C26H20N2/c1-19-18-28(25-15-9-8-14-23(19)25)26-17-22(20-10-4-2-5-11-20)16-24(27-26)21-12-6-3-7-13-21/h2-18H,1H3. The summed E-state index contributed by atoms with van der Waals surface area (Å²) in [6.07, 6.45) is 2.18. The Kier molecular flexibility index (Phi) is 4.02. The average molecular weight is 360 g/mol. The van der Waals surface area contributed by atoms with Crippen LogP contribution in [0.3, 0.4) is 0 Å². The summed E-state index contributed by atoms with van der Waals surface area (Å²) in [5.74, 6) is 0.935. The van der Waals surface area contributed by atoms with Crippen molar-refractivity contribution in [1.29, 1.82) is 0 Å². The van der Waals surface area contributed by atoms with E-state index in [1.54, 1.807) is 0 Å². The van der Waals surface area contributed by atoms with E-state index in [2.05, 4.69) is 103 Å². The predicted octanol–water partition coefficient (Wildman–Crippen LogP) is 6.67. The van der Waals surface area contributed by atoms with Crippen LogP contribution >= 0.6 is 0 Å². The summed E-state index contributed by atoms with van der Waals surface area (Å²) < 4.78 is 2.20. The Morgan fingerprint density at radius 1 is 0.643 bits per heavy atom. The molecule has 2 heterocycles. The van der Waals surface area contributed by atoms with E-state index in [0.29, 0.717) is 0 Å². The van der Waals surface area contributed by atoms with E-state index in [1.165, 1.54) is 27.6 Å². The molecule has 134 valence electrons. The third kappa shape index (κ3) is 2.89. The molecule has 0 radical (unpaired) electrons. The molecule has 0 amide bonds. The fraction of sp³-hybridized carbons (Fsp3) is 0.0385. The van der Waals surface area contributed by atoms with Crippen LogP contribution in [-0.4, -0.2) is 9.55 Å². The highest BCUT2D eigenvalue weighted by molar-refractivity contribution is 5.85. The number of aryl methyl sites for hydroxylation is 1. The monoisotopic (exact) mass is 360 g/mol. The second-order valence-electron chi connectivity index (χ2n) is 7.03. The van der Waals surface area contributed by atoms with Crippen LogP contribution in [0.4, 0.5) is 0 Å². The minimum Gasteiger partial charge on any atom is -0.301 e. The molecule has 2 heteroatoms. The van der Waals surface area contributed by atoms with Gasteiger partial charge in [0.2, 0.25) is 0 Å². The van der Waals surface area contributed by atoms with Crippen molar-refractivity contribution in [3.05, 3.63) is 109 Å². The van der Waals surface area contributed by atoms with Crippen molar-refractivity contribution in [1.82, 2.24) is 9.55 Å². The summed E-state index contributed by atoms with van der Waals surface area (Å²) in [5, 5.41) is 1.26. The first-order chi connectivity index (χ1) is 13.8. The molecule has 2 aromatic heterocycles. The van der Waals surface area contributed by atoms with Crippen molar-refractivity contribution in [2.75, 3.05) is 0 Å². The van der Waals surface area contributed by atoms with Gasteiger partial charge in [0, 0.05) is 17.1 Å². The molecule has 0 bridgehead atoms. The lowest BCUT2D eigenvalue weighted by atomic mass is 10.0. The number of pyridine rings is 1. The van der Waals surface area contributed by atoms with Crippen LogP contribution in [0, 0.1) is 6.92 Å². The Balaban J connectivity index is 1.77. The predicted molar refractivity (Wildman–Crippen MR) is 117 cm³/mol. The minimum atomic E-state index is 0.935. The van der Waals surface area contributed by atoms with E-state index < -0.39 is 0 Å². The number of para-hydroxylation sites is 1. The van der Waals surface area contributed by atoms with Gasteiger partial charge in [-0.05, 0) is 41.8 Å². The molecule has 0 N–H and O–H groups in total. The van der Waals surface area contributed by atoms with Gasteiger partial charge in [0.15, 0.2) is 0 Å². The molecule has 2 nitrogen and oxygen atoms in total. The highest BCUT2D eigenvalue weighted by atomic mass is 15.1. The Bertz CT molecular complexity index is 1190. The van der Waals surface area contributed by atoms with Crippen molar-refractivity contribution in [3.8, 4) is 28.2 Å². The third-order valence-corrected chi connectivity index (χ3v) is 5.15. The number of hydrogen-bond donors (Lipinski definition) is 0. The van der Waals surface area contributed by atoms with Crippen molar-refractivity contribution < 1.29 is 0 Å². The van der Waals surface area contributed by atoms with E-state index in [1.807, 2.05) is 12.1 Å². The summed E-state index contributed by atoms with van der Waals surface area (Å²) in [6, 6.07) is 33.7. The highest BCUT2D eigenvalue weighted by Crippen LogP contribution is 2.30. The maximum atomic E-state index is 5.03. The number of hydrogen-bond acceptors (Lipinski definition) is 1. The highest BCUT2D eigenvalue weighted by Gasteiger charge is 2.11. The quantitative estimate of drug-likeness (QED) is 0.351. The van der Waals surface area contributed by atoms with Crippen molar-refractivity contribution >= 4 is 10.9 Å². The van der Waals surface area contributed by atoms with Crippen LogP contribution in [0.1, 0.15) is 5.56 Å². The number of rotatable bonds is 3. The largest absolute Gasteiger partial charge is 0.301 e. The molecular formula is C26H20N2. The van der Waals surface area contributed by atoms with E-state index in [0.717, 1.165) is 17.1 Å². The molecule has 5 rings (SSSR count). The molecule has 28 heavy (non-hydrogen) atoms. The van der Waals surface area contributed by atoms with Gasteiger partial charge >= 0.3 is 0 Å². The number of benzene rings is 3. The van der Waals surface area contributed by atoms with Gasteiger partial charge in [-0.2, -0.15) is 0 Å². The lowest BCUT2D eigenvalue weighted by Crippen LogP contribution is -1.98. The Labute approximate surface area is 164 Å². The maximum Gasteiger partial charge on any atom is 0.138 e. The molecule has 0 aliphatic carbocycles. The SMILES string of the molecule is Cc1cn(-c2cc(-c3ccccc3)cc(-c3ccccc3)n2)c2ccccc12. The Hall–Kier alpha value is -3.65. The first-order valence-electron chi connectivity index (χ1n) is 9.49. The molecular weight excluding hydrogens is 340 g/mol. The molecule has 0 saturated carbocycles. The minimum absolute atomic E-state index is 0.935. The van der Waals surface area contributed by atoms with Crippen LogP contribution in [0.5, 0.6) is 0 Å². The van der Waals surface area contributed by atoms with Gasteiger partial charge in [0.25, 0.3) is 0 Å². The van der Waals surface area contributed by atoms with E-state index in [-0.39, 0.29) is 0 Å². The Morgan fingerprint density at radius 2 is 1.29 bits per heavy atom. The maximum absolute atomic E-state index is 5.03. The van der Waals surface area contributed by atoms with Gasteiger partial charge in [-0.3, -0.25) is 0 Å². The first-order valence-corrected chi connectivity index (χ1v) is 9.49. The smallest absolute Gasteiger partial charge is 0.138 e. The van der Waals surface area contributed by atoms with Gasteiger partial charge in [0.1, 0.15) is 5.82 Å². The second kappa shape index (κ2) is 6.82. The average Bonchev–Trinajstić information content (AvgIpc) is 3.12. The lowest BCUT2D eigenvalue weighted by Gasteiger charge is -2.11. The summed E-state index contributed by atoms with van der Waals surface area (Å²) in [5.41, 5.74) is 6.89. The van der Waals surface area contributed by atoms with Crippen LogP contribution in [0.15, 0.2) is 103 Å². The molecule has 0 aliphatic heterocycles. The van der Waals surface area contributed by atoms with Gasteiger partial charge in [-0.15, -0.1) is 0 Å². The number of fused-ring (bicyclic) bond motifs is 1. The third-order valence-electron chi connectivity index (χ3n) is 5.15. The summed E-state index contributed by atoms with van der Waals surface area (Å²) in [6.45, 7) is 2.15. The fourth-order valence-corrected chi connectivity index (χ4v) is 3.73. The number of aromatic nitrogens is 2. The zero-order chi connectivity index (χ0) is 18.9. The van der Waals surface area contributed by atoms with Gasteiger partial charge in [0.05, 0.1) is 11.2 Å². The van der Waals surface area contributed by atoms with Crippen LogP contribution < -0.4 is 0 Å².